The third kappa shape index (κ3) is 5.11. The number of anilines is 1. The molecular formula is C16H17Cl2N3O3S. The summed E-state index contributed by atoms with van der Waals surface area (Å²) in [6, 6.07) is 6.22. The van der Waals surface area contributed by atoms with E-state index in [2.05, 4.69) is 5.32 Å². The summed E-state index contributed by atoms with van der Waals surface area (Å²) in [5.74, 6) is -0.489. The van der Waals surface area contributed by atoms with Gasteiger partial charge >= 0.3 is 0 Å². The number of benzene rings is 1. The van der Waals surface area contributed by atoms with Crippen LogP contribution in [-0.2, 0) is 14.6 Å². The first-order valence-electron chi connectivity index (χ1n) is 7.60. The molecule has 1 aromatic carbocycles. The molecule has 0 spiro atoms. The van der Waals surface area contributed by atoms with E-state index in [0.717, 1.165) is 0 Å². The van der Waals surface area contributed by atoms with Gasteiger partial charge < -0.3 is 10.2 Å². The van der Waals surface area contributed by atoms with Crippen LogP contribution in [0.1, 0.15) is 13.3 Å². The van der Waals surface area contributed by atoms with Crippen LogP contribution in [0.15, 0.2) is 30.0 Å². The normalized spacial score (nSPS) is 19.3. The molecule has 0 bridgehead atoms. The van der Waals surface area contributed by atoms with Crippen molar-refractivity contribution >= 4 is 44.6 Å². The van der Waals surface area contributed by atoms with Crippen molar-refractivity contribution in [2.24, 2.45) is 0 Å². The highest BCUT2D eigenvalue weighted by molar-refractivity contribution is 7.91. The van der Waals surface area contributed by atoms with E-state index in [-0.39, 0.29) is 23.1 Å². The second kappa shape index (κ2) is 8.09. The number of amides is 1. The monoisotopic (exact) mass is 401 g/mol. The Balaban J connectivity index is 2.19. The van der Waals surface area contributed by atoms with Gasteiger partial charge in [-0.15, -0.1) is 0 Å². The van der Waals surface area contributed by atoms with Crippen LogP contribution in [0, 0.1) is 11.3 Å². The standard InChI is InChI=1S/C16H17Cl2N3O3S/c1-2-21(13-5-6-25(23,24)10-13)9-11(8-19)16(22)20-15-7-12(17)3-4-14(15)18/h3-4,7,9,13H,2,5-6,10H2,1H3,(H,20,22)/b11-9-. The second-order valence-corrected chi connectivity index (χ2v) is 8.69. The maximum absolute atomic E-state index is 12.4. The molecule has 0 radical (unpaired) electrons. The van der Waals surface area contributed by atoms with Crippen molar-refractivity contribution in [2.75, 3.05) is 23.4 Å². The SMILES string of the molecule is CCN(/C=C(/C#N)C(=O)Nc1cc(Cl)ccc1Cl)C1CCS(=O)(=O)C1. The molecule has 9 heteroatoms. The van der Waals surface area contributed by atoms with Gasteiger partial charge in [-0.2, -0.15) is 5.26 Å². The van der Waals surface area contributed by atoms with Gasteiger partial charge in [-0.25, -0.2) is 8.42 Å². The van der Waals surface area contributed by atoms with E-state index < -0.39 is 15.7 Å². The number of carbonyl (C=O) groups excluding carboxylic acids is 1. The molecule has 1 fully saturated rings. The van der Waals surface area contributed by atoms with Gasteiger partial charge in [0.2, 0.25) is 0 Å². The van der Waals surface area contributed by atoms with Gasteiger partial charge in [0.25, 0.3) is 5.91 Å². The highest BCUT2D eigenvalue weighted by Crippen LogP contribution is 2.26. The molecule has 134 valence electrons. The molecule has 1 aliphatic rings. The Bertz CT molecular complexity index is 847. The Morgan fingerprint density at radius 1 is 1.48 bits per heavy atom. The predicted octanol–water partition coefficient (Wildman–Crippen LogP) is 2.85. The number of nitriles is 1. The van der Waals surface area contributed by atoms with Crippen molar-refractivity contribution in [3.05, 3.63) is 40.0 Å². The predicted molar refractivity (Wildman–Crippen MR) is 98.2 cm³/mol. The zero-order valence-corrected chi connectivity index (χ0v) is 15.8. The molecular weight excluding hydrogens is 385 g/mol. The average molecular weight is 402 g/mol. The Morgan fingerprint density at radius 2 is 2.20 bits per heavy atom. The Labute approximate surface area is 156 Å². The van der Waals surface area contributed by atoms with Crippen molar-refractivity contribution in [2.45, 2.75) is 19.4 Å². The summed E-state index contributed by atoms with van der Waals surface area (Å²) in [7, 11) is -3.06. The molecule has 6 nitrogen and oxygen atoms in total. The molecule has 2 rings (SSSR count). The van der Waals surface area contributed by atoms with E-state index in [1.54, 1.807) is 11.0 Å². The molecule has 0 saturated carbocycles. The molecule has 1 amide bonds. The molecule has 1 unspecified atom stereocenters. The minimum atomic E-state index is -3.06. The number of sulfone groups is 1. The van der Waals surface area contributed by atoms with Crippen molar-refractivity contribution in [1.29, 1.82) is 5.26 Å². The Kier molecular flexibility index (Phi) is 6.33. The summed E-state index contributed by atoms with van der Waals surface area (Å²) in [6.07, 6.45) is 1.88. The zero-order valence-electron chi connectivity index (χ0n) is 13.5. The fraction of sp³-hybridized carbons (Fsp3) is 0.375. The molecule has 1 heterocycles. The van der Waals surface area contributed by atoms with Gasteiger partial charge in [-0.1, -0.05) is 23.2 Å². The van der Waals surface area contributed by atoms with Gasteiger partial charge in [0.1, 0.15) is 11.6 Å². The minimum Gasteiger partial charge on any atom is -0.372 e. The molecule has 1 aliphatic heterocycles. The lowest BCUT2D eigenvalue weighted by Gasteiger charge is -2.25. The fourth-order valence-corrected chi connectivity index (χ4v) is 4.66. The molecule has 0 aliphatic carbocycles. The van der Waals surface area contributed by atoms with Gasteiger partial charge in [0.05, 0.1) is 22.2 Å². The number of hydrogen-bond acceptors (Lipinski definition) is 5. The van der Waals surface area contributed by atoms with Crippen LogP contribution in [0.5, 0.6) is 0 Å². The topological polar surface area (TPSA) is 90.3 Å². The van der Waals surface area contributed by atoms with Crippen LogP contribution in [0.2, 0.25) is 10.0 Å². The first kappa shape index (κ1) is 19.6. The van der Waals surface area contributed by atoms with E-state index in [1.807, 2.05) is 13.0 Å². The van der Waals surface area contributed by atoms with Crippen molar-refractivity contribution < 1.29 is 13.2 Å². The van der Waals surface area contributed by atoms with E-state index in [0.29, 0.717) is 28.7 Å². The van der Waals surface area contributed by atoms with Crippen LogP contribution in [0.25, 0.3) is 0 Å². The lowest BCUT2D eigenvalue weighted by atomic mass is 10.2. The number of nitrogens with zero attached hydrogens (tertiary/aromatic N) is 2. The van der Waals surface area contributed by atoms with Gasteiger partial charge in [0.15, 0.2) is 9.84 Å². The van der Waals surface area contributed by atoms with Crippen molar-refractivity contribution in [3.63, 3.8) is 0 Å². The molecule has 0 aromatic heterocycles. The zero-order chi connectivity index (χ0) is 18.6. The smallest absolute Gasteiger partial charge is 0.267 e. The van der Waals surface area contributed by atoms with Crippen LogP contribution in [-0.4, -0.2) is 43.3 Å². The second-order valence-electron chi connectivity index (χ2n) is 5.62. The number of carbonyl (C=O) groups is 1. The van der Waals surface area contributed by atoms with E-state index in [4.69, 9.17) is 23.2 Å². The lowest BCUT2D eigenvalue weighted by Crippen LogP contribution is -2.32. The van der Waals surface area contributed by atoms with Crippen LogP contribution >= 0.6 is 23.2 Å². The summed E-state index contributed by atoms with van der Waals surface area (Å²) in [5.41, 5.74) is 0.161. The maximum atomic E-state index is 12.4. The number of nitrogens with one attached hydrogen (secondary N) is 1. The third-order valence-electron chi connectivity index (χ3n) is 3.88. The number of halogens is 2. The van der Waals surface area contributed by atoms with E-state index >= 15 is 0 Å². The number of rotatable bonds is 5. The number of hydrogen-bond donors (Lipinski definition) is 1. The summed E-state index contributed by atoms with van der Waals surface area (Å²) in [6.45, 7) is 2.32. The first-order valence-corrected chi connectivity index (χ1v) is 10.2. The third-order valence-corrected chi connectivity index (χ3v) is 6.19. The highest BCUT2D eigenvalue weighted by atomic mass is 35.5. The minimum absolute atomic E-state index is 0.0256. The first-order chi connectivity index (χ1) is 11.8. The largest absolute Gasteiger partial charge is 0.372 e. The average Bonchev–Trinajstić information content (AvgIpc) is 2.92. The fourth-order valence-electron chi connectivity index (χ4n) is 2.58. The van der Waals surface area contributed by atoms with Crippen LogP contribution in [0.3, 0.4) is 0 Å². The highest BCUT2D eigenvalue weighted by Gasteiger charge is 2.31. The van der Waals surface area contributed by atoms with Crippen LogP contribution in [0.4, 0.5) is 5.69 Å². The van der Waals surface area contributed by atoms with E-state index in [1.165, 1.54) is 18.3 Å². The van der Waals surface area contributed by atoms with Crippen LogP contribution < -0.4 is 5.32 Å². The van der Waals surface area contributed by atoms with Gasteiger partial charge in [0, 0.05) is 23.8 Å². The molecule has 1 saturated heterocycles. The van der Waals surface area contributed by atoms with Gasteiger partial charge in [-0.05, 0) is 31.5 Å². The Morgan fingerprint density at radius 3 is 2.76 bits per heavy atom. The summed E-state index contributed by atoms with van der Waals surface area (Å²) >= 11 is 11.9. The molecule has 1 atom stereocenters. The summed E-state index contributed by atoms with van der Waals surface area (Å²) < 4.78 is 23.3. The summed E-state index contributed by atoms with van der Waals surface area (Å²) in [4.78, 5) is 14.1. The Hall–Kier alpha value is -1.75. The molecule has 25 heavy (non-hydrogen) atoms. The molecule has 1 aromatic rings. The van der Waals surface area contributed by atoms with Crippen molar-refractivity contribution in [3.8, 4) is 6.07 Å². The van der Waals surface area contributed by atoms with Gasteiger partial charge in [-0.3, -0.25) is 4.79 Å². The maximum Gasteiger partial charge on any atom is 0.267 e. The summed E-state index contributed by atoms with van der Waals surface area (Å²) in [5, 5.41) is 12.5. The quantitative estimate of drug-likeness (QED) is 0.604. The lowest BCUT2D eigenvalue weighted by molar-refractivity contribution is -0.112. The van der Waals surface area contributed by atoms with Crippen molar-refractivity contribution in [1.82, 2.24) is 4.90 Å². The molecule has 1 N–H and O–H groups in total. The van der Waals surface area contributed by atoms with E-state index in [9.17, 15) is 18.5 Å².